The summed E-state index contributed by atoms with van der Waals surface area (Å²) in [4.78, 5) is 13.4. The summed E-state index contributed by atoms with van der Waals surface area (Å²) in [5.41, 5.74) is 2.23. The Kier molecular flexibility index (Phi) is 7.93. The highest BCUT2D eigenvalue weighted by Gasteiger charge is 2.20. The molecule has 1 N–H and O–H groups in total. The Bertz CT molecular complexity index is 789. The molecule has 0 bridgehead atoms. The van der Waals surface area contributed by atoms with Crippen LogP contribution in [0.5, 0.6) is 0 Å². The molecule has 0 spiro atoms. The Morgan fingerprint density at radius 3 is 2.62 bits per heavy atom. The second-order valence-corrected chi connectivity index (χ2v) is 6.67. The van der Waals surface area contributed by atoms with E-state index in [0.29, 0.717) is 35.1 Å². The van der Waals surface area contributed by atoms with Gasteiger partial charge in [0, 0.05) is 36.3 Å². The van der Waals surface area contributed by atoms with E-state index in [4.69, 9.17) is 28.5 Å². The molecular weight excluding hydrogens is 369 g/mol. The number of carbonyl (C=O) groups is 1. The van der Waals surface area contributed by atoms with Crippen LogP contribution in [0.1, 0.15) is 24.5 Å². The van der Waals surface area contributed by atoms with E-state index in [2.05, 4.69) is 16.3 Å². The molecule has 136 valence electrons. The fourth-order valence-corrected chi connectivity index (χ4v) is 3.17. The Morgan fingerprint density at radius 1 is 1.23 bits per heavy atom. The summed E-state index contributed by atoms with van der Waals surface area (Å²) in [6.07, 6.45) is 1.29. The lowest BCUT2D eigenvalue weighted by Gasteiger charge is -2.33. The third-order valence-corrected chi connectivity index (χ3v) is 4.82. The van der Waals surface area contributed by atoms with Crippen molar-refractivity contribution in [1.29, 1.82) is 5.26 Å². The summed E-state index contributed by atoms with van der Waals surface area (Å²) in [5.74, 6) is 0. The zero-order chi connectivity index (χ0) is 18.9. The molecule has 0 aromatic heterocycles. The summed E-state index contributed by atoms with van der Waals surface area (Å²) < 4.78 is 0. The molecule has 0 unspecified atom stereocenters. The molecule has 2 aromatic rings. The topological polar surface area (TPSA) is 56.1 Å². The maximum atomic E-state index is 11.3. The molecular formula is C20H21Cl2N3O. The van der Waals surface area contributed by atoms with Crippen molar-refractivity contribution in [2.45, 2.75) is 25.9 Å². The number of anilines is 1. The quantitative estimate of drug-likeness (QED) is 0.644. The van der Waals surface area contributed by atoms with E-state index in [-0.39, 0.29) is 6.04 Å². The average molecular weight is 390 g/mol. The fourth-order valence-electron chi connectivity index (χ4n) is 2.76. The minimum atomic E-state index is -0.0623. The number of carbonyl (C=O) groups excluding carboxylic acids is 1. The minimum absolute atomic E-state index is 0.0623. The van der Waals surface area contributed by atoms with Gasteiger partial charge in [0.25, 0.3) is 0 Å². The lowest BCUT2D eigenvalue weighted by molar-refractivity contribution is -0.108. The van der Waals surface area contributed by atoms with E-state index in [1.807, 2.05) is 37.3 Å². The van der Waals surface area contributed by atoms with Crippen LogP contribution in [-0.4, -0.2) is 25.4 Å². The van der Waals surface area contributed by atoms with Crippen molar-refractivity contribution in [3.05, 3.63) is 63.6 Å². The predicted octanol–water partition coefficient (Wildman–Crippen LogP) is 4.44. The summed E-state index contributed by atoms with van der Waals surface area (Å²) in [6, 6.07) is 15.0. The van der Waals surface area contributed by atoms with Crippen LogP contribution in [0.4, 0.5) is 5.69 Å². The normalized spacial score (nSPS) is 11.6. The van der Waals surface area contributed by atoms with Crippen LogP contribution in [0.2, 0.25) is 10.0 Å². The molecule has 0 heterocycles. The van der Waals surface area contributed by atoms with Gasteiger partial charge in [0.1, 0.15) is 12.4 Å². The Balaban J connectivity index is 2.42. The Morgan fingerprint density at radius 2 is 2.00 bits per heavy atom. The van der Waals surface area contributed by atoms with Crippen LogP contribution in [0.15, 0.2) is 42.5 Å². The van der Waals surface area contributed by atoms with E-state index >= 15 is 0 Å². The van der Waals surface area contributed by atoms with Crippen molar-refractivity contribution in [1.82, 2.24) is 5.32 Å². The predicted molar refractivity (Wildman–Crippen MR) is 107 cm³/mol. The summed E-state index contributed by atoms with van der Waals surface area (Å²) >= 11 is 12.6. The van der Waals surface area contributed by atoms with Gasteiger partial charge >= 0.3 is 0 Å². The van der Waals surface area contributed by atoms with Gasteiger partial charge in [-0.05, 0) is 36.4 Å². The summed E-state index contributed by atoms with van der Waals surface area (Å²) in [5, 5.41) is 13.5. The second-order valence-electron chi connectivity index (χ2n) is 5.86. The largest absolute Gasteiger partial charge is 0.362 e. The van der Waals surface area contributed by atoms with E-state index in [9.17, 15) is 4.79 Å². The molecule has 6 heteroatoms. The van der Waals surface area contributed by atoms with Crippen LogP contribution in [0.25, 0.3) is 0 Å². The van der Waals surface area contributed by atoms with Gasteiger partial charge in [-0.15, -0.1) is 0 Å². The fraction of sp³-hybridized carbons (Fsp3) is 0.300. The molecule has 0 fully saturated rings. The van der Waals surface area contributed by atoms with Gasteiger partial charge in [0.15, 0.2) is 0 Å². The zero-order valence-corrected chi connectivity index (χ0v) is 16.1. The number of halogens is 2. The molecule has 26 heavy (non-hydrogen) atoms. The highest BCUT2D eigenvalue weighted by atomic mass is 35.5. The molecule has 0 aliphatic rings. The summed E-state index contributed by atoms with van der Waals surface area (Å²) in [7, 11) is 0. The highest BCUT2D eigenvalue weighted by Crippen LogP contribution is 2.28. The first-order valence-electron chi connectivity index (χ1n) is 8.44. The van der Waals surface area contributed by atoms with E-state index in [1.54, 1.807) is 12.1 Å². The van der Waals surface area contributed by atoms with Crippen molar-refractivity contribution in [2.75, 3.05) is 18.0 Å². The Hall–Kier alpha value is -2.06. The van der Waals surface area contributed by atoms with Crippen molar-refractivity contribution in [3.63, 3.8) is 0 Å². The third-order valence-electron chi connectivity index (χ3n) is 4.14. The standard InChI is InChI=1S/C20H21Cl2N3O/c1-2-24-13-18(9-10-26)25(14-16-5-3-4-6-19(16)21)17-8-7-15(12-23)20(22)11-17/h3-8,10-11,18,24H,2,9,13-14H2,1H3/t18-/m0/s1. The van der Waals surface area contributed by atoms with Crippen LogP contribution in [-0.2, 0) is 11.3 Å². The number of rotatable bonds is 9. The molecule has 0 radical (unpaired) electrons. The molecule has 2 rings (SSSR count). The van der Waals surface area contributed by atoms with Crippen LogP contribution in [0, 0.1) is 11.3 Å². The first kappa shape index (κ1) is 20.3. The van der Waals surface area contributed by atoms with Gasteiger partial charge in [-0.2, -0.15) is 5.26 Å². The molecule has 0 aliphatic carbocycles. The number of nitriles is 1. The van der Waals surface area contributed by atoms with Crippen molar-refractivity contribution in [2.24, 2.45) is 0 Å². The number of likely N-dealkylation sites (N-methyl/N-ethyl adjacent to an activating group) is 1. The van der Waals surface area contributed by atoms with Gasteiger partial charge in [0.05, 0.1) is 10.6 Å². The number of hydrogen-bond donors (Lipinski definition) is 1. The lowest BCUT2D eigenvalue weighted by atomic mass is 10.1. The Labute approximate surface area is 164 Å². The summed E-state index contributed by atoms with van der Waals surface area (Å²) in [6.45, 7) is 4.02. The molecule has 0 saturated carbocycles. The van der Waals surface area contributed by atoms with Crippen molar-refractivity contribution in [3.8, 4) is 6.07 Å². The molecule has 0 amide bonds. The maximum absolute atomic E-state index is 11.3. The average Bonchev–Trinajstić information content (AvgIpc) is 2.64. The van der Waals surface area contributed by atoms with Gasteiger partial charge in [-0.25, -0.2) is 0 Å². The van der Waals surface area contributed by atoms with Crippen LogP contribution < -0.4 is 10.2 Å². The minimum Gasteiger partial charge on any atom is -0.362 e. The number of nitrogens with zero attached hydrogens (tertiary/aromatic N) is 2. The smallest absolute Gasteiger partial charge is 0.122 e. The molecule has 0 aliphatic heterocycles. The van der Waals surface area contributed by atoms with Gasteiger partial charge in [0.2, 0.25) is 0 Å². The van der Waals surface area contributed by atoms with E-state index in [0.717, 1.165) is 24.1 Å². The van der Waals surface area contributed by atoms with E-state index in [1.165, 1.54) is 0 Å². The van der Waals surface area contributed by atoms with Gasteiger partial charge in [-0.3, -0.25) is 0 Å². The first-order chi connectivity index (χ1) is 12.6. The molecule has 2 aromatic carbocycles. The number of benzene rings is 2. The molecule has 4 nitrogen and oxygen atoms in total. The first-order valence-corrected chi connectivity index (χ1v) is 9.20. The number of nitrogens with one attached hydrogen (secondary N) is 1. The third kappa shape index (κ3) is 5.22. The second kappa shape index (κ2) is 10.2. The number of aldehydes is 1. The van der Waals surface area contributed by atoms with Crippen LogP contribution >= 0.6 is 23.2 Å². The zero-order valence-electron chi connectivity index (χ0n) is 14.6. The van der Waals surface area contributed by atoms with Crippen molar-refractivity contribution >= 4 is 35.2 Å². The molecule has 0 saturated heterocycles. The van der Waals surface area contributed by atoms with Crippen LogP contribution in [0.3, 0.4) is 0 Å². The van der Waals surface area contributed by atoms with Crippen molar-refractivity contribution < 1.29 is 4.79 Å². The maximum Gasteiger partial charge on any atom is 0.122 e. The van der Waals surface area contributed by atoms with E-state index < -0.39 is 0 Å². The monoisotopic (exact) mass is 389 g/mol. The molecule has 1 atom stereocenters. The highest BCUT2D eigenvalue weighted by molar-refractivity contribution is 6.32. The lowest BCUT2D eigenvalue weighted by Crippen LogP contribution is -2.42. The van der Waals surface area contributed by atoms with Gasteiger partial charge in [-0.1, -0.05) is 48.3 Å². The number of hydrogen-bond acceptors (Lipinski definition) is 4. The van der Waals surface area contributed by atoms with Gasteiger partial charge < -0.3 is 15.0 Å². The SMILES string of the molecule is CCNC[C@H](CC=O)N(Cc1ccccc1Cl)c1ccc(C#N)c(Cl)c1.